The van der Waals surface area contributed by atoms with Crippen LogP contribution >= 0.6 is 0 Å². The smallest absolute Gasteiger partial charge is 0.258 e. The highest BCUT2D eigenvalue weighted by Crippen LogP contribution is 2.21. The van der Waals surface area contributed by atoms with Crippen molar-refractivity contribution in [2.24, 2.45) is 0 Å². The second kappa shape index (κ2) is 7.60. The number of anilines is 2. The molecule has 0 atom stereocenters. The standard InChI is InChI=1S/C22H20N4O2/c1-15(27)17-7-4-8-20(11-17)25-21(28)19-12-23-22(24-13-19)26-10-9-16-5-2-3-6-18(16)14-26/h2-8,11-13H,9-10,14H2,1H3,(H,25,28). The summed E-state index contributed by atoms with van der Waals surface area (Å²) in [5.74, 6) is 0.257. The van der Waals surface area contributed by atoms with Crippen LogP contribution in [-0.4, -0.2) is 28.2 Å². The van der Waals surface area contributed by atoms with E-state index >= 15 is 0 Å². The predicted molar refractivity (Wildman–Crippen MR) is 108 cm³/mol. The minimum atomic E-state index is -0.309. The molecule has 140 valence electrons. The van der Waals surface area contributed by atoms with E-state index in [2.05, 4.69) is 38.4 Å². The molecule has 0 radical (unpaired) electrons. The zero-order valence-corrected chi connectivity index (χ0v) is 15.6. The summed E-state index contributed by atoms with van der Waals surface area (Å²) in [7, 11) is 0. The van der Waals surface area contributed by atoms with Gasteiger partial charge in [0.05, 0.1) is 5.56 Å². The van der Waals surface area contributed by atoms with E-state index in [0.717, 1.165) is 19.5 Å². The van der Waals surface area contributed by atoms with E-state index < -0.39 is 0 Å². The van der Waals surface area contributed by atoms with Crippen molar-refractivity contribution in [3.63, 3.8) is 0 Å². The summed E-state index contributed by atoms with van der Waals surface area (Å²) in [5, 5.41) is 2.78. The Morgan fingerprint density at radius 1 is 0.964 bits per heavy atom. The highest BCUT2D eigenvalue weighted by Gasteiger charge is 2.18. The van der Waals surface area contributed by atoms with Crippen molar-refractivity contribution in [1.29, 1.82) is 0 Å². The van der Waals surface area contributed by atoms with Gasteiger partial charge in [0.15, 0.2) is 5.78 Å². The van der Waals surface area contributed by atoms with Gasteiger partial charge in [-0.15, -0.1) is 0 Å². The number of fused-ring (bicyclic) bond motifs is 1. The summed E-state index contributed by atoms with van der Waals surface area (Å²) in [6, 6.07) is 15.2. The Bertz CT molecular complexity index is 1030. The van der Waals surface area contributed by atoms with Crippen molar-refractivity contribution < 1.29 is 9.59 Å². The van der Waals surface area contributed by atoms with Gasteiger partial charge in [-0.2, -0.15) is 0 Å². The Labute approximate surface area is 163 Å². The molecule has 0 saturated heterocycles. The maximum atomic E-state index is 12.5. The number of carbonyl (C=O) groups excluding carboxylic acids is 2. The van der Waals surface area contributed by atoms with Crippen molar-refractivity contribution in [2.75, 3.05) is 16.8 Å². The summed E-state index contributed by atoms with van der Waals surface area (Å²) >= 11 is 0. The molecule has 2 aromatic carbocycles. The third kappa shape index (κ3) is 3.76. The number of hydrogen-bond acceptors (Lipinski definition) is 5. The lowest BCUT2D eigenvalue weighted by molar-refractivity contribution is 0.101. The van der Waals surface area contributed by atoms with E-state index in [1.807, 2.05) is 6.07 Å². The molecule has 0 saturated carbocycles. The van der Waals surface area contributed by atoms with Crippen LogP contribution < -0.4 is 10.2 Å². The van der Waals surface area contributed by atoms with Gasteiger partial charge in [-0.25, -0.2) is 9.97 Å². The summed E-state index contributed by atoms with van der Waals surface area (Å²) in [4.78, 5) is 34.8. The van der Waals surface area contributed by atoms with Crippen LogP contribution in [0.2, 0.25) is 0 Å². The summed E-state index contributed by atoms with van der Waals surface area (Å²) in [6.07, 6.45) is 4.02. The molecule has 28 heavy (non-hydrogen) atoms. The monoisotopic (exact) mass is 372 g/mol. The van der Waals surface area contributed by atoms with Gasteiger partial charge >= 0.3 is 0 Å². The lowest BCUT2D eigenvalue weighted by atomic mass is 10.0. The number of hydrogen-bond donors (Lipinski definition) is 1. The Kier molecular flexibility index (Phi) is 4.85. The Morgan fingerprint density at radius 3 is 2.46 bits per heavy atom. The molecule has 1 aliphatic rings. The SMILES string of the molecule is CC(=O)c1cccc(NC(=O)c2cnc(N3CCc4ccccc4C3)nc2)c1. The largest absolute Gasteiger partial charge is 0.336 e. The minimum Gasteiger partial charge on any atom is -0.336 e. The molecule has 0 aliphatic carbocycles. The molecule has 6 nitrogen and oxygen atoms in total. The molecular weight excluding hydrogens is 352 g/mol. The molecule has 0 fully saturated rings. The van der Waals surface area contributed by atoms with Gasteiger partial charge in [0, 0.05) is 36.7 Å². The average Bonchev–Trinajstić information content (AvgIpc) is 2.73. The van der Waals surface area contributed by atoms with Crippen LogP contribution in [0.1, 0.15) is 38.8 Å². The van der Waals surface area contributed by atoms with E-state index in [0.29, 0.717) is 22.8 Å². The first-order chi connectivity index (χ1) is 13.6. The zero-order valence-electron chi connectivity index (χ0n) is 15.6. The molecule has 2 heterocycles. The molecule has 1 N–H and O–H groups in total. The van der Waals surface area contributed by atoms with Crippen LogP contribution in [0.4, 0.5) is 11.6 Å². The predicted octanol–water partition coefficient (Wildman–Crippen LogP) is 3.49. The maximum absolute atomic E-state index is 12.5. The first kappa shape index (κ1) is 17.9. The van der Waals surface area contributed by atoms with E-state index in [9.17, 15) is 9.59 Å². The van der Waals surface area contributed by atoms with E-state index in [1.165, 1.54) is 30.4 Å². The van der Waals surface area contributed by atoms with Crippen molar-refractivity contribution in [3.05, 3.63) is 83.2 Å². The van der Waals surface area contributed by atoms with Gasteiger partial charge in [0.25, 0.3) is 5.91 Å². The molecule has 1 aromatic heterocycles. The topological polar surface area (TPSA) is 75.2 Å². The van der Waals surface area contributed by atoms with Crippen LogP contribution in [0.15, 0.2) is 60.9 Å². The number of nitrogens with zero attached hydrogens (tertiary/aromatic N) is 3. The van der Waals surface area contributed by atoms with E-state index in [4.69, 9.17) is 0 Å². The Balaban J connectivity index is 1.45. The molecule has 6 heteroatoms. The molecular formula is C22H20N4O2. The normalized spacial score (nSPS) is 13.0. The molecule has 0 bridgehead atoms. The van der Waals surface area contributed by atoms with Gasteiger partial charge in [-0.3, -0.25) is 9.59 Å². The van der Waals surface area contributed by atoms with Crippen molar-refractivity contribution >= 4 is 23.3 Å². The minimum absolute atomic E-state index is 0.0492. The summed E-state index contributed by atoms with van der Waals surface area (Å²) in [6.45, 7) is 3.10. The first-order valence-electron chi connectivity index (χ1n) is 9.16. The van der Waals surface area contributed by atoms with E-state index in [-0.39, 0.29) is 11.7 Å². The lowest BCUT2D eigenvalue weighted by Gasteiger charge is -2.28. The van der Waals surface area contributed by atoms with Crippen LogP contribution in [0.3, 0.4) is 0 Å². The number of ketones is 1. The fourth-order valence-corrected chi connectivity index (χ4v) is 3.29. The molecule has 1 amide bonds. The quantitative estimate of drug-likeness (QED) is 0.710. The second-order valence-electron chi connectivity index (χ2n) is 6.80. The number of benzene rings is 2. The average molecular weight is 372 g/mol. The van der Waals surface area contributed by atoms with Crippen molar-refractivity contribution in [2.45, 2.75) is 19.9 Å². The third-order valence-corrected chi connectivity index (χ3v) is 4.84. The molecule has 4 rings (SSSR count). The van der Waals surface area contributed by atoms with Crippen molar-refractivity contribution in [3.8, 4) is 0 Å². The van der Waals surface area contributed by atoms with Gasteiger partial charge in [0.2, 0.25) is 5.95 Å². The fraction of sp³-hybridized carbons (Fsp3) is 0.182. The molecule has 3 aromatic rings. The number of rotatable bonds is 4. The number of aromatic nitrogens is 2. The molecule has 1 aliphatic heterocycles. The van der Waals surface area contributed by atoms with Gasteiger partial charge in [-0.05, 0) is 36.6 Å². The summed E-state index contributed by atoms with van der Waals surface area (Å²) < 4.78 is 0. The number of carbonyl (C=O) groups is 2. The van der Waals surface area contributed by atoms with Crippen LogP contribution in [0.25, 0.3) is 0 Å². The lowest BCUT2D eigenvalue weighted by Crippen LogP contribution is -2.31. The Hall–Kier alpha value is -3.54. The number of nitrogens with one attached hydrogen (secondary N) is 1. The number of amides is 1. The Morgan fingerprint density at radius 2 is 1.71 bits per heavy atom. The van der Waals surface area contributed by atoms with Crippen LogP contribution in [-0.2, 0) is 13.0 Å². The third-order valence-electron chi connectivity index (χ3n) is 4.84. The molecule has 0 unspecified atom stereocenters. The van der Waals surface area contributed by atoms with E-state index in [1.54, 1.807) is 24.3 Å². The second-order valence-corrected chi connectivity index (χ2v) is 6.80. The van der Waals surface area contributed by atoms with Gasteiger partial charge in [-0.1, -0.05) is 36.4 Å². The van der Waals surface area contributed by atoms with Crippen molar-refractivity contribution in [1.82, 2.24) is 9.97 Å². The highest BCUT2D eigenvalue weighted by atomic mass is 16.1. The maximum Gasteiger partial charge on any atom is 0.258 e. The zero-order chi connectivity index (χ0) is 19.5. The first-order valence-corrected chi connectivity index (χ1v) is 9.16. The fourth-order valence-electron chi connectivity index (χ4n) is 3.29. The number of Topliss-reactive ketones (excluding diaryl/α,β-unsaturated/α-hetero) is 1. The van der Waals surface area contributed by atoms with Crippen LogP contribution in [0, 0.1) is 0 Å². The van der Waals surface area contributed by atoms with Gasteiger partial charge < -0.3 is 10.2 Å². The van der Waals surface area contributed by atoms with Gasteiger partial charge in [0.1, 0.15) is 0 Å². The molecule has 0 spiro atoms. The summed E-state index contributed by atoms with van der Waals surface area (Å²) in [5.41, 5.74) is 4.13. The highest BCUT2D eigenvalue weighted by molar-refractivity contribution is 6.04. The van der Waals surface area contributed by atoms with Crippen LogP contribution in [0.5, 0.6) is 0 Å².